The van der Waals surface area contributed by atoms with Gasteiger partial charge in [-0.25, -0.2) is 0 Å². The summed E-state index contributed by atoms with van der Waals surface area (Å²) in [5, 5.41) is 2.95. The van der Waals surface area contributed by atoms with Gasteiger partial charge in [-0.3, -0.25) is 4.79 Å². The molecule has 0 aromatic heterocycles. The van der Waals surface area contributed by atoms with Crippen LogP contribution in [0.3, 0.4) is 0 Å². The SMILES string of the molecule is CN1CCC(CCNC(=O)COc2ccc(Oc3ccccc3)cc2)CC1. The van der Waals surface area contributed by atoms with Crippen molar-refractivity contribution in [3.05, 3.63) is 54.6 Å². The molecule has 0 unspecified atom stereocenters. The summed E-state index contributed by atoms with van der Waals surface area (Å²) >= 11 is 0. The summed E-state index contributed by atoms with van der Waals surface area (Å²) in [5.41, 5.74) is 0. The van der Waals surface area contributed by atoms with E-state index in [1.807, 2.05) is 54.6 Å². The summed E-state index contributed by atoms with van der Waals surface area (Å²) in [6, 6.07) is 16.9. The van der Waals surface area contributed by atoms with Crippen LogP contribution in [-0.4, -0.2) is 44.1 Å². The smallest absolute Gasteiger partial charge is 0.257 e. The second kappa shape index (κ2) is 9.97. The molecule has 0 atom stereocenters. The van der Waals surface area contributed by atoms with Crippen LogP contribution in [0.25, 0.3) is 0 Å². The van der Waals surface area contributed by atoms with Crippen LogP contribution in [-0.2, 0) is 4.79 Å². The molecule has 2 aromatic rings. The van der Waals surface area contributed by atoms with E-state index in [1.54, 1.807) is 0 Å². The number of para-hydroxylation sites is 1. The lowest BCUT2D eigenvalue weighted by Gasteiger charge is -2.28. The Morgan fingerprint density at radius 3 is 2.33 bits per heavy atom. The van der Waals surface area contributed by atoms with Gasteiger partial charge in [-0.1, -0.05) is 18.2 Å². The lowest BCUT2D eigenvalue weighted by Crippen LogP contribution is -2.34. The first kappa shape index (κ1) is 19.2. The third kappa shape index (κ3) is 6.61. The number of likely N-dealkylation sites (tertiary alicyclic amines) is 1. The monoisotopic (exact) mass is 368 g/mol. The Balaban J connectivity index is 1.34. The van der Waals surface area contributed by atoms with Crippen LogP contribution in [0.15, 0.2) is 54.6 Å². The summed E-state index contributed by atoms with van der Waals surface area (Å²) in [6.45, 7) is 3.07. The van der Waals surface area contributed by atoms with Gasteiger partial charge in [-0.2, -0.15) is 0 Å². The minimum absolute atomic E-state index is 0.0340. The van der Waals surface area contributed by atoms with E-state index in [0.29, 0.717) is 5.75 Å². The normalized spacial score (nSPS) is 15.3. The predicted octanol–water partition coefficient (Wildman–Crippen LogP) is 3.71. The zero-order valence-electron chi connectivity index (χ0n) is 15.9. The fraction of sp³-hybridized carbons (Fsp3) is 0.409. The van der Waals surface area contributed by atoms with Crippen LogP contribution in [0.5, 0.6) is 17.2 Å². The Morgan fingerprint density at radius 1 is 1.00 bits per heavy atom. The lowest BCUT2D eigenvalue weighted by atomic mass is 9.94. The molecule has 144 valence electrons. The summed E-state index contributed by atoms with van der Waals surface area (Å²) in [4.78, 5) is 14.3. The van der Waals surface area contributed by atoms with Crippen LogP contribution in [0.2, 0.25) is 0 Å². The summed E-state index contributed by atoms with van der Waals surface area (Å²) < 4.78 is 11.3. The highest BCUT2D eigenvalue weighted by Gasteiger charge is 2.16. The average Bonchev–Trinajstić information content (AvgIpc) is 2.70. The Hall–Kier alpha value is -2.53. The quantitative estimate of drug-likeness (QED) is 0.772. The highest BCUT2D eigenvalue weighted by molar-refractivity contribution is 5.77. The highest BCUT2D eigenvalue weighted by atomic mass is 16.5. The van der Waals surface area contributed by atoms with Crippen molar-refractivity contribution in [3.8, 4) is 17.2 Å². The van der Waals surface area contributed by atoms with Gasteiger partial charge in [-0.15, -0.1) is 0 Å². The maximum Gasteiger partial charge on any atom is 0.257 e. The van der Waals surface area contributed by atoms with Gasteiger partial charge in [0.2, 0.25) is 0 Å². The lowest BCUT2D eigenvalue weighted by molar-refractivity contribution is -0.123. The van der Waals surface area contributed by atoms with Crippen molar-refractivity contribution in [1.82, 2.24) is 10.2 Å². The maximum atomic E-state index is 11.9. The molecule has 1 N–H and O–H groups in total. The third-order valence-electron chi connectivity index (χ3n) is 4.89. The first-order valence-corrected chi connectivity index (χ1v) is 9.60. The van der Waals surface area contributed by atoms with E-state index in [1.165, 1.54) is 12.8 Å². The van der Waals surface area contributed by atoms with Gasteiger partial charge < -0.3 is 19.7 Å². The number of carbonyl (C=O) groups is 1. The van der Waals surface area contributed by atoms with Crippen LogP contribution < -0.4 is 14.8 Å². The summed E-state index contributed by atoms with van der Waals surface area (Å²) in [6.07, 6.45) is 3.49. The molecule has 1 heterocycles. The van der Waals surface area contributed by atoms with Crippen LogP contribution >= 0.6 is 0 Å². The predicted molar refractivity (Wildman–Crippen MR) is 106 cm³/mol. The Morgan fingerprint density at radius 2 is 1.63 bits per heavy atom. The minimum Gasteiger partial charge on any atom is -0.484 e. The van der Waals surface area contributed by atoms with Crippen molar-refractivity contribution in [2.45, 2.75) is 19.3 Å². The number of rotatable bonds is 8. The second-order valence-electron chi connectivity index (χ2n) is 7.06. The molecule has 2 aromatic carbocycles. The molecule has 0 spiro atoms. The number of nitrogens with zero attached hydrogens (tertiary/aromatic N) is 1. The number of hydrogen-bond donors (Lipinski definition) is 1. The molecule has 0 aliphatic carbocycles. The van der Waals surface area contributed by atoms with E-state index >= 15 is 0 Å². The largest absolute Gasteiger partial charge is 0.484 e. The van der Waals surface area contributed by atoms with Crippen LogP contribution in [0.1, 0.15) is 19.3 Å². The molecule has 1 aliphatic heterocycles. The first-order valence-electron chi connectivity index (χ1n) is 9.60. The van der Waals surface area contributed by atoms with E-state index in [0.717, 1.165) is 43.5 Å². The molecule has 5 nitrogen and oxygen atoms in total. The highest BCUT2D eigenvalue weighted by Crippen LogP contribution is 2.23. The molecule has 1 aliphatic rings. The van der Waals surface area contributed by atoms with Gasteiger partial charge in [0, 0.05) is 6.54 Å². The van der Waals surface area contributed by atoms with E-state index in [9.17, 15) is 4.79 Å². The summed E-state index contributed by atoms with van der Waals surface area (Å²) in [7, 11) is 2.16. The zero-order chi connectivity index (χ0) is 18.9. The molecule has 27 heavy (non-hydrogen) atoms. The molecule has 0 saturated carbocycles. The molecule has 1 fully saturated rings. The van der Waals surface area contributed by atoms with Crippen LogP contribution in [0, 0.1) is 5.92 Å². The van der Waals surface area contributed by atoms with Crippen molar-refractivity contribution >= 4 is 5.91 Å². The molecular weight excluding hydrogens is 340 g/mol. The topological polar surface area (TPSA) is 50.8 Å². The van der Waals surface area contributed by atoms with Gasteiger partial charge in [0.05, 0.1) is 0 Å². The molecule has 1 saturated heterocycles. The van der Waals surface area contributed by atoms with Gasteiger partial charge in [0.25, 0.3) is 5.91 Å². The van der Waals surface area contributed by atoms with Crippen LogP contribution in [0.4, 0.5) is 0 Å². The molecule has 0 bridgehead atoms. The molecule has 1 amide bonds. The minimum atomic E-state index is -0.0764. The van der Waals surface area contributed by atoms with E-state index in [4.69, 9.17) is 9.47 Å². The van der Waals surface area contributed by atoms with Gasteiger partial charge in [-0.05, 0) is 81.7 Å². The maximum absolute atomic E-state index is 11.9. The van der Waals surface area contributed by atoms with Crippen molar-refractivity contribution in [1.29, 1.82) is 0 Å². The fourth-order valence-electron chi connectivity index (χ4n) is 3.19. The molecular formula is C22H28N2O3. The van der Waals surface area contributed by atoms with Crippen molar-refractivity contribution in [2.75, 3.05) is 33.3 Å². The van der Waals surface area contributed by atoms with Crippen molar-refractivity contribution in [3.63, 3.8) is 0 Å². The Bertz CT molecular complexity index is 695. The fourth-order valence-corrected chi connectivity index (χ4v) is 3.19. The van der Waals surface area contributed by atoms with Crippen molar-refractivity contribution in [2.24, 2.45) is 5.92 Å². The number of hydrogen-bond acceptors (Lipinski definition) is 4. The molecule has 3 rings (SSSR count). The number of carbonyl (C=O) groups excluding carboxylic acids is 1. The second-order valence-corrected chi connectivity index (χ2v) is 7.06. The van der Waals surface area contributed by atoms with Gasteiger partial charge in [0.15, 0.2) is 6.61 Å². The van der Waals surface area contributed by atoms with Crippen molar-refractivity contribution < 1.29 is 14.3 Å². The number of amides is 1. The first-order chi connectivity index (χ1) is 13.2. The average molecular weight is 368 g/mol. The van der Waals surface area contributed by atoms with E-state index in [2.05, 4.69) is 17.3 Å². The van der Waals surface area contributed by atoms with E-state index < -0.39 is 0 Å². The molecule has 5 heteroatoms. The number of nitrogens with one attached hydrogen (secondary N) is 1. The zero-order valence-corrected chi connectivity index (χ0v) is 15.9. The van der Waals surface area contributed by atoms with Gasteiger partial charge >= 0.3 is 0 Å². The third-order valence-corrected chi connectivity index (χ3v) is 4.89. The standard InChI is InChI=1S/C22H28N2O3/c1-24-15-12-18(13-16-24)11-14-23-22(25)17-26-19-7-9-21(10-8-19)27-20-5-3-2-4-6-20/h2-10,18H,11-17H2,1H3,(H,23,25). The summed E-state index contributed by atoms with van der Waals surface area (Å²) in [5.74, 6) is 2.82. The molecule has 0 radical (unpaired) electrons. The Labute approximate surface area is 161 Å². The number of ether oxygens (including phenoxy) is 2. The Kier molecular flexibility index (Phi) is 7.11. The number of piperidine rings is 1. The van der Waals surface area contributed by atoms with E-state index in [-0.39, 0.29) is 12.5 Å². The number of benzene rings is 2. The van der Waals surface area contributed by atoms with Gasteiger partial charge in [0.1, 0.15) is 17.2 Å².